The number of halogens is 1. The molecule has 3 aromatic heterocycles. The Bertz CT molecular complexity index is 1120. The summed E-state index contributed by atoms with van der Waals surface area (Å²) in [6.07, 6.45) is 8.34. The lowest BCUT2D eigenvalue weighted by Crippen LogP contribution is -2.38. The fourth-order valence-electron chi connectivity index (χ4n) is 3.75. The van der Waals surface area contributed by atoms with E-state index in [1.165, 1.54) is 6.26 Å². The molecule has 154 valence electrons. The van der Waals surface area contributed by atoms with Gasteiger partial charge in [0.1, 0.15) is 5.82 Å². The van der Waals surface area contributed by atoms with Gasteiger partial charge in [-0.1, -0.05) is 6.07 Å². The maximum absolute atomic E-state index is 12.0. The number of rotatable bonds is 5. The number of hydrogen-bond acceptors (Lipinski definition) is 6. The fourth-order valence-corrected chi connectivity index (χ4v) is 5.01. The molecule has 1 saturated heterocycles. The first-order chi connectivity index (χ1) is 13.8. The van der Waals surface area contributed by atoms with E-state index < -0.39 is 10.0 Å². The summed E-state index contributed by atoms with van der Waals surface area (Å²) in [7, 11) is -1.21. The van der Waals surface area contributed by atoms with E-state index in [0.29, 0.717) is 19.6 Å². The highest BCUT2D eigenvalue weighted by Crippen LogP contribution is 2.31. The third-order valence-electron chi connectivity index (χ3n) is 5.23. The van der Waals surface area contributed by atoms with E-state index in [-0.39, 0.29) is 5.92 Å². The molecule has 1 aliphatic rings. The van der Waals surface area contributed by atoms with Gasteiger partial charge in [-0.05, 0) is 40.4 Å². The molecular weight excluding hydrogens is 456 g/mol. The highest BCUT2D eigenvalue weighted by molar-refractivity contribution is 9.10. The van der Waals surface area contributed by atoms with Crippen molar-refractivity contribution in [3.63, 3.8) is 0 Å². The molecule has 0 spiro atoms. The normalized spacial score (nSPS) is 18.2. The molecule has 0 amide bonds. The number of nitrogens with zero attached hydrogens (tertiary/aromatic N) is 6. The second kappa shape index (κ2) is 8.00. The molecular formula is C19H23BrN6O2S. The zero-order valence-corrected chi connectivity index (χ0v) is 18.8. The summed E-state index contributed by atoms with van der Waals surface area (Å²) in [6, 6.07) is 5.98. The van der Waals surface area contributed by atoms with Crippen LogP contribution in [0.5, 0.6) is 0 Å². The molecule has 4 heterocycles. The molecule has 8 nitrogen and oxygen atoms in total. The van der Waals surface area contributed by atoms with Crippen LogP contribution in [0.25, 0.3) is 5.65 Å². The molecule has 1 aliphatic heterocycles. The van der Waals surface area contributed by atoms with Crippen LogP contribution in [0, 0.1) is 0 Å². The van der Waals surface area contributed by atoms with Crippen LogP contribution in [0.1, 0.15) is 30.0 Å². The van der Waals surface area contributed by atoms with Crippen LogP contribution < -0.4 is 4.90 Å². The van der Waals surface area contributed by atoms with Gasteiger partial charge in [-0.25, -0.2) is 17.7 Å². The Labute approximate surface area is 178 Å². The fraction of sp³-hybridized carbons (Fsp3) is 0.421. The van der Waals surface area contributed by atoms with Gasteiger partial charge >= 0.3 is 0 Å². The topological polar surface area (TPSA) is 83.7 Å². The second-order valence-corrected chi connectivity index (χ2v) is 10.3. The Morgan fingerprint density at radius 1 is 1.34 bits per heavy atom. The van der Waals surface area contributed by atoms with E-state index in [4.69, 9.17) is 4.98 Å². The molecule has 4 rings (SSSR count). The molecule has 0 bridgehead atoms. The number of aromatic nitrogens is 4. The van der Waals surface area contributed by atoms with Crippen molar-refractivity contribution in [3.05, 3.63) is 52.5 Å². The first-order valence-corrected chi connectivity index (χ1v) is 12.1. The van der Waals surface area contributed by atoms with Crippen LogP contribution in [-0.4, -0.2) is 58.7 Å². The summed E-state index contributed by atoms with van der Waals surface area (Å²) in [5.41, 5.74) is 2.71. The van der Waals surface area contributed by atoms with Crippen molar-refractivity contribution in [2.45, 2.75) is 25.3 Å². The Kier molecular flexibility index (Phi) is 5.58. The summed E-state index contributed by atoms with van der Waals surface area (Å²) in [4.78, 5) is 11.1. The standard InChI is InChI=1S/C19H23BrN6O2S/c1-24(12-14-5-3-7-21-10-14)18-9-17(23-19-16(20)11-22-26(18)19)15-6-4-8-25(13-15)29(2,27)28/h3,5,7,9-11,15H,4,6,8,12-13H2,1-2H3. The Balaban J connectivity index is 1.71. The SMILES string of the molecule is CN(Cc1cccnc1)c1cc(C2CCCN(S(C)(=O)=O)C2)nc2c(Br)cnn12. The first kappa shape index (κ1) is 20.2. The van der Waals surface area contributed by atoms with E-state index >= 15 is 0 Å². The molecule has 0 radical (unpaired) electrons. The van der Waals surface area contributed by atoms with Crippen molar-refractivity contribution in [2.24, 2.45) is 0 Å². The Hall–Kier alpha value is -2.04. The summed E-state index contributed by atoms with van der Waals surface area (Å²) >= 11 is 3.54. The highest BCUT2D eigenvalue weighted by Gasteiger charge is 2.29. The molecule has 29 heavy (non-hydrogen) atoms. The van der Waals surface area contributed by atoms with Crippen LogP contribution in [0.2, 0.25) is 0 Å². The van der Waals surface area contributed by atoms with Crippen molar-refractivity contribution in [2.75, 3.05) is 31.3 Å². The van der Waals surface area contributed by atoms with Gasteiger partial charge in [0.2, 0.25) is 10.0 Å². The van der Waals surface area contributed by atoms with Crippen molar-refractivity contribution >= 4 is 37.4 Å². The van der Waals surface area contributed by atoms with E-state index in [9.17, 15) is 8.42 Å². The molecule has 1 atom stereocenters. The predicted octanol–water partition coefficient (Wildman–Crippen LogP) is 2.66. The summed E-state index contributed by atoms with van der Waals surface area (Å²) in [5.74, 6) is 0.951. The summed E-state index contributed by atoms with van der Waals surface area (Å²) < 4.78 is 28.2. The minimum atomic E-state index is -3.21. The van der Waals surface area contributed by atoms with Gasteiger partial charge in [-0.3, -0.25) is 4.98 Å². The maximum Gasteiger partial charge on any atom is 0.211 e. The van der Waals surface area contributed by atoms with Crippen molar-refractivity contribution < 1.29 is 8.42 Å². The van der Waals surface area contributed by atoms with Crippen LogP contribution >= 0.6 is 15.9 Å². The van der Waals surface area contributed by atoms with Crippen LogP contribution in [0.15, 0.2) is 41.3 Å². The second-order valence-electron chi connectivity index (χ2n) is 7.44. The molecule has 0 aliphatic carbocycles. The van der Waals surface area contributed by atoms with Gasteiger partial charge in [0.25, 0.3) is 0 Å². The van der Waals surface area contributed by atoms with Gasteiger partial charge in [-0.2, -0.15) is 9.61 Å². The highest BCUT2D eigenvalue weighted by atomic mass is 79.9. The number of pyridine rings is 1. The molecule has 10 heteroatoms. The van der Waals surface area contributed by atoms with E-state index in [2.05, 4.69) is 30.9 Å². The minimum absolute atomic E-state index is 0.0517. The lowest BCUT2D eigenvalue weighted by molar-refractivity contribution is 0.314. The number of anilines is 1. The largest absolute Gasteiger partial charge is 0.355 e. The van der Waals surface area contributed by atoms with Crippen LogP contribution in [0.3, 0.4) is 0 Å². The number of fused-ring (bicyclic) bond motifs is 1. The van der Waals surface area contributed by atoms with Crippen molar-refractivity contribution in [1.29, 1.82) is 0 Å². The third-order valence-corrected chi connectivity index (χ3v) is 7.06. The molecule has 0 N–H and O–H groups in total. The lowest BCUT2D eigenvalue weighted by atomic mass is 9.96. The molecule has 0 saturated carbocycles. The Morgan fingerprint density at radius 3 is 2.90 bits per heavy atom. The molecule has 1 fully saturated rings. The zero-order chi connectivity index (χ0) is 20.6. The van der Waals surface area contributed by atoms with Crippen LogP contribution in [0.4, 0.5) is 5.82 Å². The van der Waals surface area contributed by atoms with Gasteiger partial charge in [0, 0.05) is 51.1 Å². The van der Waals surface area contributed by atoms with Crippen molar-refractivity contribution in [3.8, 4) is 0 Å². The molecule has 0 aromatic carbocycles. The zero-order valence-electron chi connectivity index (χ0n) is 16.4. The molecule has 3 aromatic rings. The van der Waals surface area contributed by atoms with Crippen molar-refractivity contribution in [1.82, 2.24) is 23.9 Å². The van der Waals surface area contributed by atoms with E-state index in [1.807, 2.05) is 31.4 Å². The van der Waals surface area contributed by atoms with Crippen LogP contribution in [-0.2, 0) is 16.6 Å². The van der Waals surface area contributed by atoms with Gasteiger partial charge in [0.15, 0.2) is 5.65 Å². The summed E-state index contributed by atoms with van der Waals surface area (Å²) in [5, 5.41) is 4.47. The third kappa shape index (κ3) is 4.29. The number of hydrogen-bond donors (Lipinski definition) is 0. The lowest BCUT2D eigenvalue weighted by Gasteiger charge is -2.31. The average Bonchev–Trinajstić information content (AvgIpc) is 3.08. The number of sulfonamides is 1. The molecule has 1 unspecified atom stereocenters. The Morgan fingerprint density at radius 2 is 2.17 bits per heavy atom. The first-order valence-electron chi connectivity index (χ1n) is 9.42. The van der Waals surface area contributed by atoms with E-state index in [0.717, 1.165) is 40.0 Å². The van der Waals surface area contributed by atoms with Gasteiger partial charge in [0.05, 0.1) is 22.6 Å². The number of piperidine rings is 1. The smallest absolute Gasteiger partial charge is 0.211 e. The predicted molar refractivity (Wildman–Crippen MR) is 115 cm³/mol. The monoisotopic (exact) mass is 478 g/mol. The van der Waals surface area contributed by atoms with E-state index in [1.54, 1.807) is 21.2 Å². The maximum atomic E-state index is 12.0. The average molecular weight is 479 g/mol. The summed E-state index contributed by atoms with van der Waals surface area (Å²) in [6.45, 7) is 1.70. The quantitative estimate of drug-likeness (QED) is 0.560. The van der Waals surface area contributed by atoms with Gasteiger partial charge in [-0.15, -0.1) is 0 Å². The van der Waals surface area contributed by atoms with Gasteiger partial charge < -0.3 is 4.90 Å². The minimum Gasteiger partial charge on any atom is -0.355 e.